The quantitative estimate of drug-likeness (QED) is 0.723. The molecule has 140 valence electrons. The van der Waals surface area contributed by atoms with Gasteiger partial charge in [-0.05, 0) is 35.9 Å². The summed E-state index contributed by atoms with van der Waals surface area (Å²) in [5, 5.41) is 12.0. The van der Waals surface area contributed by atoms with Gasteiger partial charge in [0.25, 0.3) is 11.5 Å². The van der Waals surface area contributed by atoms with Gasteiger partial charge >= 0.3 is 0 Å². The van der Waals surface area contributed by atoms with Crippen molar-refractivity contribution in [2.24, 2.45) is 0 Å². The predicted molar refractivity (Wildman–Crippen MR) is 109 cm³/mol. The van der Waals surface area contributed by atoms with Crippen molar-refractivity contribution in [3.63, 3.8) is 0 Å². The van der Waals surface area contributed by atoms with Crippen LogP contribution in [0.4, 0.5) is 0 Å². The van der Waals surface area contributed by atoms with Gasteiger partial charge in [0.1, 0.15) is 16.5 Å². The molecule has 0 aliphatic carbocycles. The first-order valence-electron chi connectivity index (χ1n) is 8.38. The van der Waals surface area contributed by atoms with Gasteiger partial charge in [0, 0.05) is 7.05 Å². The highest BCUT2D eigenvalue weighted by Crippen LogP contribution is 2.13. The Morgan fingerprint density at radius 2 is 1.96 bits per heavy atom. The third-order valence-corrected chi connectivity index (χ3v) is 5.10. The minimum absolute atomic E-state index is 0.112. The van der Waals surface area contributed by atoms with Crippen molar-refractivity contribution in [1.82, 2.24) is 9.88 Å². The summed E-state index contributed by atoms with van der Waals surface area (Å²) in [6.45, 7) is 0. The molecule has 6 nitrogen and oxygen atoms in total. The second kappa shape index (κ2) is 8.37. The average molecular weight is 391 g/mol. The molecule has 1 amide bonds. The maximum absolute atomic E-state index is 13.1. The van der Waals surface area contributed by atoms with Crippen molar-refractivity contribution in [2.75, 3.05) is 14.2 Å². The molecule has 0 bridgehead atoms. The topological polar surface area (TPSA) is 84.1 Å². The van der Waals surface area contributed by atoms with E-state index in [9.17, 15) is 14.9 Å². The van der Waals surface area contributed by atoms with Gasteiger partial charge in [-0.25, -0.2) is 0 Å². The maximum Gasteiger partial charge on any atom is 0.273 e. The number of rotatable bonds is 4. The average Bonchev–Trinajstić information content (AvgIpc) is 3.04. The van der Waals surface area contributed by atoms with Crippen LogP contribution in [-0.4, -0.2) is 24.6 Å². The number of para-hydroxylation sites is 1. The Kier molecular flexibility index (Phi) is 5.72. The van der Waals surface area contributed by atoms with Crippen LogP contribution in [-0.2, 0) is 4.79 Å². The second-order valence-electron chi connectivity index (χ2n) is 5.73. The van der Waals surface area contributed by atoms with Crippen molar-refractivity contribution in [2.45, 2.75) is 0 Å². The van der Waals surface area contributed by atoms with Crippen LogP contribution in [0.3, 0.4) is 0 Å². The number of hydrogen-bond donors (Lipinski definition) is 1. The Labute approximate surface area is 165 Å². The third-order valence-electron chi connectivity index (χ3n) is 4.01. The molecule has 7 heteroatoms. The monoisotopic (exact) mass is 391 g/mol. The first-order chi connectivity index (χ1) is 13.6. The van der Waals surface area contributed by atoms with Crippen molar-refractivity contribution < 1.29 is 9.53 Å². The molecular weight excluding hydrogens is 374 g/mol. The van der Waals surface area contributed by atoms with Crippen LogP contribution in [0, 0.1) is 11.3 Å². The smallest absolute Gasteiger partial charge is 0.273 e. The molecule has 28 heavy (non-hydrogen) atoms. The summed E-state index contributed by atoms with van der Waals surface area (Å²) in [7, 11) is 3.02. The van der Waals surface area contributed by atoms with Crippen molar-refractivity contribution in [3.8, 4) is 17.5 Å². The molecule has 2 aromatic carbocycles. The van der Waals surface area contributed by atoms with Crippen LogP contribution in [0.1, 0.15) is 5.56 Å². The Morgan fingerprint density at radius 1 is 1.21 bits per heavy atom. The number of carbonyl (C=O) groups excluding carboxylic acids is 1. The van der Waals surface area contributed by atoms with Gasteiger partial charge < -0.3 is 10.1 Å². The van der Waals surface area contributed by atoms with Crippen LogP contribution < -0.4 is 24.8 Å². The number of ether oxygens (including phenoxy) is 1. The van der Waals surface area contributed by atoms with Gasteiger partial charge in [0.05, 0.1) is 17.3 Å². The van der Waals surface area contributed by atoms with E-state index in [4.69, 9.17) is 4.74 Å². The van der Waals surface area contributed by atoms with E-state index in [1.807, 2.05) is 30.3 Å². The summed E-state index contributed by atoms with van der Waals surface area (Å²) in [5.74, 6) is 0.130. The van der Waals surface area contributed by atoms with Gasteiger partial charge in [-0.3, -0.25) is 14.2 Å². The predicted octanol–water partition coefficient (Wildman–Crippen LogP) is 1.16. The zero-order valence-corrected chi connectivity index (χ0v) is 16.1. The Hall–Kier alpha value is -3.63. The number of methoxy groups -OCH3 is 1. The van der Waals surface area contributed by atoms with Gasteiger partial charge in [-0.2, -0.15) is 5.26 Å². The lowest BCUT2D eigenvalue weighted by Gasteiger charge is -2.03. The largest absolute Gasteiger partial charge is 0.497 e. The van der Waals surface area contributed by atoms with Crippen LogP contribution in [0.15, 0.2) is 59.4 Å². The fraction of sp³-hybridized carbons (Fsp3) is 0.0952. The normalized spacial score (nSPS) is 12.2. The summed E-state index contributed by atoms with van der Waals surface area (Å²) in [5.41, 5.74) is 0.952. The first kappa shape index (κ1) is 19.1. The lowest BCUT2D eigenvalue weighted by molar-refractivity contribution is -0.115. The SMILES string of the molecule is CNC(=O)C(C#N)=c1sc(=Cc2cccc(OC)c2)c(=O)n1-c1ccccc1. The van der Waals surface area contributed by atoms with Gasteiger partial charge in [-0.15, -0.1) is 11.3 Å². The number of aromatic nitrogens is 1. The minimum atomic E-state index is -0.540. The zero-order valence-electron chi connectivity index (χ0n) is 15.3. The summed E-state index contributed by atoms with van der Waals surface area (Å²) < 4.78 is 7.31. The number of amides is 1. The molecule has 0 atom stereocenters. The van der Waals surface area contributed by atoms with E-state index < -0.39 is 5.91 Å². The standard InChI is InChI=1S/C21H17N3O3S/c1-23-19(25)17(13-22)21-24(15-8-4-3-5-9-15)20(26)18(28-21)12-14-7-6-10-16(11-14)27-2/h3-12H,1-2H3,(H,23,25). The number of nitriles is 1. The number of nitrogens with one attached hydrogen (secondary N) is 1. The van der Waals surface area contributed by atoms with Crippen LogP contribution >= 0.6 is 11.3 Å². The number of benzene rings is 2. The molecule has 0 saturated carbocycles. The molecule has 0 fully saturated rings. The molecule has 1 heterocycles. The van der Waals surface area contributed by atoms with E-state index in [0.717, 1.165) is 16.9 Å². The second-order valence-corrected chi connectivity index (χ2v) is 6.77. The van der Waals surface area contributed by atoms with Crippen molar-refractivity contribution in [3.05, 3.63) is 79.7 Å². The van der Waals surface area contributed by atoms with Crippen molar-refractivity contribution >= 4 is 28.9 Å². The highest BCUT2D eigenvalue weighted by atomic mass is 32.1. The number of thiazole rings is 1. The molecule has 0 spiro atoms. The molecule has 0 aliphatic rings. The molecule has 0 radical (unpaired) electrons. The zero-order chi connectivity index (χ0) is 20.1. The number of carbonyl (C=O) groups is 1. The number of hydrogen-bond acceptors (Lipinski definition) is 5. The molecule has 1 aromatic heterocycles. The van der Waals surface area contributed by atoms with Crippen molar-refractivity contribution in [1.29, 1.82) is 5.26 Å². The maximum atomic E-state index is 13.1. The van der Waals surface area contributed by atoms with E-state index in [1.54, 1.807) is 43.5 Å². The van der Waals surface area contributed by atoms with Gasteiger partial charge in [-0.1, -0.05) is 30.3 Å². The van der Waals surface area contributed by atoms with E-state index in [-0.39, 0.29) is 15.8 Å². The van der Waals surface area contributed by atoms with E-state index in [1.165, 1.54) is 11.6 Å². The fourth-order valence-corrected chi connectivity index (χ4v) is 3.77. The Morgan fingerprint density at radius 3 is 2.61 bits per heavy atom. The number of nitrogens with zero attached hydrogens (tertiary/aromatic N) is 2. The molecule has 0 saturated heterocycles. The summed E-state index contributed by atoms with van der Waals surface area (Å²) in [6, 6.07) is 18.1. The van der Waals surface area contributed by atoms with E-state index in [0.29, 0.717) is 16.0 Å². The van der Waals surface area contributed by atoms with Crippen LogP contribution in [0.25, 0.3) is 17.3 Å². The lowest BCUT2D eigenvalue weighted by atomic mass is 10.2. The highest BCUT2D eigenvalue weighted by molar-refractivity contribution is 7.07. The van der Waals surface area contributed by atoms with Crippen LogP contribution in [0.2, 0.25) is 0 Å². The Balaban J connectivity index is 2.38. The lowest BCUT2D eigenvalue weighted by Crippen LogP contribution is -2.33. The summed E-state index contributed by atoms with van der Waals surface area (Å²) in [4.78, 5) is 25.3. The molecule has 1 N–H and O–H groups in total. The summed E-state index contributed by atoms with van der Waals surface area (Å²) in [6.07, 6.45) is 1.72. The van der Waals surface area contributed by atoms with E-state index in [2.05, 4.69) is 5.32 Å². The first-order valence-corrected chi connectivity index (χ1v) is 9.20. The third kappa shape index (κ3) is 3.72. The van der Waals surface area contributed by atoms with Gasteiger partial charge in [0.2, 0.25) is 0 Å². The Bertz CT molecular complexity index is 1230. The van der Waals surface area contributed by atoms with Crippen LogP contribution in [0.5, 0.6) is 5.75 Å². The molecule has 0 aliphatic heterocycles. The molecule has 3 aromatic rings. The van der Waals surface area contributed by atoms with E-state index >= 15 is 0 Å². The minimum Gasteiger partial charge on any atom is -0.497 e. The molecule has 3 rings (SSSR count). The van der Waals surface area contributed by atoms with Gasteiger partial charge in [0.15, 0.2) is 5.57 Å². The fourth-order valence-electron chi connectivity index (χ4n) is 2.66. The molecular formula is C21H17N3O3S. The molecule has 0 unspecified atom stereocenters. The summed E-state index contributed by atoms with van der Waals surface area (Å²) >= 11 is 1.10. The highest BCUT2D eigenvalue weighted by Gasteiger charge is 2.15.